The van der Waals surface area contributed by atoms with Gasteiger partial charge in [-0.1, -0.05) is 24.1 Å². The second-order valence-electron chi connectivity index (χ2n) is 9.88. The number of thiol groups is 1. The third-order valence-electron chi connectivity index (χ3n) is 7.21. The fraction of sp³-hybridized carbons (Fsp3) is 0.500. The molecule has 236 valence electrons. The summed E-state index contributed by atoms with van der Waals surface area (Å²) in [6.07, 6.45) is -7.04. The van der Waals surface area contributed by atoms with Gasteiger partial charge in [-0.3, -0.25) is 18.2 Å². The van der Waals surface area contributed by atoms with Crippen LogP contribution in [0, 0.1) is 0 Å². The number of aromatic nitrogens is 8. The van der Waals surface area contributed by atoms with E-state index < -0.39 is 75.9 Å². The Balaban J connectivity index is 1.20. The molecule has 0 saturated carbocycles. The summed E-state index contributed by atoms with van der Waals surface area (Å²) in [5, 5.41) is 11.1. The van der Waals surface area contributed by atoms with Crippen molar-refractivity contribution >= 4 is 71.5 Å². The van der Waals surface area contributed by atoms with Gasteiger partial charge in [-0.05, 0) is 0 Å². The molecule has 7 heterocycles. The summed E-state index contributed by atoms with van der Waals surface area (Å²) in [4.78, 5) is 37.7. The number of ether oxygens (including phenoxy) is 2. The molecule has 0 aliphatic carbocycles. The van der Waals surface area contributed by atoms with Crippen molar-refractivity contribution < 1.29 is 46.5 Å². The Morgan fingerprint density at radius 1 is 0.909 bits per heavy atom. The van der Waals surface area contributed by atoms with Gasteiger partial charge >= 0.3 is 6.80 Å². The fourth-order valence-corrected chi connectivity index (χ4v) is 8.06. The number of rotatable bonds is 2. The summed E-state index contributed by atoms with van der Waals surface area (Å²) in [7, 11) is 0. The summed E-state index contributed by atoms with van der Waals surface area (Å²) in [6, 6.07) is 0. The molecule has 0 radical (unpaired) electrons. The normalized spacial score (nSPS) is 38.3. The first-order valence-electron chi connectivity index (χ1n) is 12.7. The van der Waals surface area contributed by atoms with Crippen LogP contribution in [0.1, 0.15) is 12.5 Å². The molecule has 0 aromatic carbocycles. The lowest BCUT2D eigenvalue weighted by molar-refractivity contribution is -0.218. The van der Waals surface area contributed by atoms with Crippen LogP contribution in [0.15, 0.2) is 25.3 Å². The van der Waals surface area contributed by atoms with Gasteiger partial charge in [-0.2, -0.15) is 0 Å². The van der Waals surface area contributed by atoms with Gasteiger partial charge < -0.3 is 40.0 Å². The third-order valence-corrected chi connectivity index (χ3v) is 10.4. The van der Waals surface area contributed by atoms with E-state index in [0.29, 0.717) is 0 Å². The number of nitrogens with zero attached hydrogens (tertiary/aromatic N) is 8. The average molecular weight is 692 g/mol. The number of anilines is 2. The zero-order valence-corrected chi connectivity index (χ0v) is 25.4. The van der Waals surface area contributed by atoms with Crippen LogP contribution in [0.4, 0.5) is 16.0 Å². The molecule has 0 amide bonds. The molecule has 7 rings (SSSR count). The summed E-state index contributed by atoms with van der Waals surface area (Å²) in [5.74, 6) is 0.131. The Hall–Kier alpha value is -2.46. The van der Waals surface area contributed by atoms with E-state index in [-0.39, 0.29) is 34.0 Å². The van der Waals surface area contributed by atoms with Crippen molar-refractivity contribution in [3.05, 3.63) is 25.3 Å². The van der Waals surface area contributed by atoms with Gasteiger partial charge in [-0.15, -0.1) is 0 Å². The minimum absolute atomic E-state index is 0.0543. The third kappa shape index (κ3) is 5.27. The Morgan fingerprint density at radius 3 is 2.11 bits per heavy atom. The van der Waals surface area contributed by atoms with Gasteiger partial charge in [0, 0.05) is 0 Å². The van der Waals surface area contributed by atoms with Crippen LogP contribution in [0.5, 0.6) is 0 Å². The lowest BCUT2D eigenvalue weighted by Gasteiger charge is -2.34. The molecule has 44 heavy (non-hydrogen) atoms. The van der Waals surface area contributed by atoms with Crippen molar-refractivity contribution in [2.24, 2.45) is 0 Å². The topological polar surface area (TPSA) is 255 Å². The average Bonchev–Trinajstić information content (AvgIpc) is 3.73. The zero-order valence-electron chi connectivity index (χ0n) is 21.9. The standard InChI is InChI=1S/C20H23FN10O9P2S2/c21-9-13-8(38-19(9)30-5-28-10-15(22)24-3-26-17(10)30)2-36-42(34,44)40-14-12(32)7(1-35-41(33,43)39-13)37-20(14)31-6-29-11-16(23)25-4-27-18(11)31/h3-9,12-14,19-20,32H,1-2H2,(H,33,43)(H,34,44)(H2,22,24,26)(H2,23,25,27)/p-1/t7-,8-,9+,12?,13?,14+,19-,20-,41?,42?/m1/s1. The number of nitrogens with two attached hydrogens (primary N) is 2. The molecule has 2 bridgehead atoms. The largest absolute Gasteiger partial charge is 0.780 e. The maximum atomic E-state index is 16.0. The van der Waals surface area contributed by atoms with Crippen molar-refractivity contribution in [3.63, 3.8) is 0 Å². The molecule has 3 aliphatic heterocycles. The van der Waals surface area contributed by atoms with Crippen molar-refractivity contribution in [2.75, 3.05) is 24.7 Å². The van der Waals surface area contributed by atoms with Crippen molar-refractivity contribution in [3.8, 4) is 0 Å². The Labute approximate surface area is 256 Å². The fourth-order valence-electron chi connectivity index (χ4n) is 5.18. The van der Waals surface area contributed by atoms with Gasteiger partial charge in [-0.25, -0.2) is 38.9 Å². The second kappa shape index (κ2) is 11.1. The molecule has 5 N–H and O–H groups in total. The van der Waals surface area contributed by atoms with Gasteiger partial charge in [0.1, 0.15) is 60.9 Å². The van der Waals surface area contributed by atoms with Crippen molar-refractivity contribution in [1.82, 2.24) is 39.0 Å². The minimum atomic E-state index is -4.46. The van der Waals surface area contributed by atoms with E-state index in [1.165, 1.54) is 28.1 Å². The van der Waals surface area contributed by atoms with Crippen LogP contribution in [-0.4, -0.2) is 94.0 Å². The van der Waals surface area contributed by atoms with E-state index in [2.05, 4.69) is 42.2 Å². The highest BCUT2D eigenvalue weighted by molar-refractivity contribution is 8.44. The number of aliphatic hydroxyl groups is 1. The van der Waals surface area contributed by atoms with Crippen LogP contribution in [0.3, 0.4) is 0 Å². The second-order valence-corrected chi connectivity index (χ2v) is 15.5. The number of nitrogen functional groups attached to an aromatic ring is 2. The molecule has 3 fully saturated rings. The van der Waals surface area contributed by atoms with E-state index in [1.54, 1.807) is 0 Å². The summed E-state index contributed by atoms with van der Waals surface area (Å²) >= 11 is 9.14. The quantitative estimate of drug-likeness (QED) is 0.156. The zero-order chi connectivity index (χ0) is 31.0. The van der Waals surface area contributed by atoms with Gasteiger partial charge in [0.05, 0.1) is 25.9 Å². The molecule has 3 aliphatic rings. The van der Waals surface area contributed by atoms with E-state index in [1.807, 2.05) is 0 Å². The first kappa shape index (κ1) is 30.2. The molecule has 3 saturated heterocycles. The minimum Gasteiger partial charge on any atom is -0.780 e. The van der Waals surface area contributed by atoms with Crippen LogP contribution in [-0.2, 0) is 43.9 Å². The Kier molecular flexibility index (Phi) is 7.63. The maximum Gasteiger partial charge on any atom is 0.386 e. The smallest absolute Gasteiger partial charge is 0.386 e. The first-order valence-corrected chi connectivity index (χ1v) is 18.0. The molecular formula is C20H22FN10O9P2S2-. The maximum absolute atomic E-state index is 16.0. The number of hydrogen-bond donors (Lipinski definition) is 4. The highest BCUT2D eigenvalue weighted by atomic mass is 32.7. The van der Waals surface area contributed by atoms with Crippen LogP contribution < -0.4 is 16.4 Å². The number of fused-ring (bicyclic) bond motifs is 5. The van der Waals surface area contributed by atoms with Gasteiger partial charge in [0.15, 0.2) is 41.6 Å². The van der Waals surface area contributed by atoms with E-state index >= 15 is 4.39 Å². The van der Waals surface area contributed by atoms with Crippen LogP contribution >= 0.6 is 25.8 Å². The molecule has 19 nitrogen and oxygen atoms in total. The van der Waals surface area contributed by atoms with Crippen molar-refractivity contribution in [2.45, 2.75) is 49.1 Å². The lowest BCUT2D eigenvalue weighted by Crippen LogP contribution is -2.36. The Morgan fingerprint density at radius 2 is 1.48 bits per heavy atom. The monoisotopic (exact) mass is 691 g/mol. The lowest BCUT2D eigenvalue weighted by atomic mass is 10.1. The summed E-state index contributed by atoms with van der Waals surface area (Å²) in [5.41, 5.74) is 12.5. The van der Waals surface area contributed by atoms with Gasteiger partial charge in [0.25, 0.3) is 0 Å². The van der Waals surface area contributed by atoms with E-state index in [9.17, 15) is 14.6 Å². The number of aliphatic hydroxyl groups excluding tert-OH is 1. The van der Waals surface area contributed by atoms with E-state index in [0.717, 1.165) is 6.33 Å². The predicted molar refractivity (Wildman–Crippen MR) is 151 cm³/mol. The van der Waals surface area contributed by atoms with Crippen LogP contribution in [0.2, 0.25) is 0 Å². The number of hydrogen-bond acceptors (Lipinski definition) is 18. The van der Waals surface area contributed by atoms with Crippen LogP contribution in [0.25, 0.3) is 22.3 Å². The molecule has 24 heteroatoms. The highest BCUT2D eigenvalue weighted by Gasteiger charge is 2.52. The number of alkyl halides is 1. The van der Waals surface area contributed by atoms with E-state index in [4.69, 9.17) is 50.8 Å². The summed E-state index contributed by atoms with van der Waals surface area (Å²) < 4.78 is 65.7. The van der Waals surface area contributed by atoms with Gasteiger partial charge in [0.2, 0.25) is 0 Å². The summed E-state index contributed by atoms with van der Waals surface area (Å²) in [6.45, 7) is -10.1. The van der Waals surface area contributed by atoms with Crippen molar-refractivity contribution in [1.29, 1.82) is 0 Å². The molecular weight excluding hydrogens is 669 g/mol. The first-order chi connectivity index (χ1) is 20.9. The Bertz CT molecular complexity index is 1840. The molecule has 4 unspecified atom stereocenters. The predicted octanol–water partition coefficient (Wildman–Crippen LogP) is -0.236. The molecule has 4 aromatic heterocycles. The molecule has 0 spiro atoms. The molecule has 10 atom stereocenters. The number of imidazole rings is 2. The SMILES string of the molecule is Nc1ncnc2c1ncn2[C@@H]1O[C@@H]2COP([O-])(=S)O[C@H]3C(O)[C@@H](COP(=O)(S)OC2[C@@H]1F)O[C@H]3n1cnc2c(N)ncnc21. The highest BCUT2D eigenvalue weighted by Crippen LogP contribution is 2.58. The number of halogens is 1. The molecule has 4 aromatic rings.